The monoisotopic (exact) mass is 470 g/mol. The number of halogens is 1. The zero-order valence-corrected chi connectivity index (χ0v) is 20.1. The Bertz CT molecular complexity index is 1050. The summed E-state index contributed by atoms with van der Waals surface area (Å²) in [5.41, 5.74) is 2.56. The molecule has 3 aromatic rings. The SMILES string of the molecule is CCN(CC)CCC(C(=O)OC(C)=O)c1sc(-c2ccccc2)nc1-c1ccc(Cl)cc1. The molecule has 2 aromatic carbocycles. The van der Waals surface area contributed by atoms with Crippen LogP contribution in [-0.2, 0) is 14.3 Å². The first-order chi connectivity index (χ1) is 15.4. The standard InChI is InChI=1S/C25H27ClN2O3S/c1-4-28(5-2)16-15-21(25(30)31-17(3)29)23-22(18-11-13-20(26)14-12-18)27-24(32-23)19-9-7-6-8-10-19/h6-14,21H,4-5,15-16H2,1-3H3. The van der Waals surface area contributed by atoms with Crippen LogP contribution in [-0.4, -0.2) is 41.5 Å². The van der Waals surface area contributed by atoms with Crippen LogP contribution in [0.3, 0.4) is 0 Å². The van der Waals surface area contributed by atoms with E-state index in [9.17, 15) is 9.59 Å². The molecule has 0 aliphatic heterocycles. The van der Waals surface area contributed by atoms with Crippen molar-refractivity contribution in [1.82, 2.24) is 9.88 Å². The molecule has 5 nitrogen and oxygen atoms in total. The number of carbonyl (C=O) groups is 2. The summed E-state index contributed by atoms with van der Waals surface area (Å²) in [5.74, 6) is -1.74. The summed E-state index contributed by atoms with van der Waals surface area (Å²) >= 11 is 7.56. The molecule has 0 spiro atoms. The van der Waals surface area contributed by atoms with E-state index in [1.807, 2.05) is 42.5 Å². The zero-order chi connectivity index (χ0) is 23.1. The lowest BCUT2D eigenvalue weighted by atomic mass is 9.98. The van der Waals surface area contributed by atoms with Gasteiger partial charge in [-0.2, -0.15) is 0 Å². The molecule has 0 N–H and O–H groups in total. The first kappa shape index (κ1) is 24.1. The Morgan fingerprint density at radius 1 is 1.03 bits per heavy atom. The molecule has 168 valence electrons. The van der Waals surface area contributed by atoms with E-state index in [0.29, 0.717) is 18.0 Å². The largest absolute Gasteiger partial charge is 0.393 e. The molecule has 0 radical (unpaired) electrons. The molecular formula is C25H27ClN2O3S. The number of aromatic nitrogens is 1. The van der Waals surface area contributed by atoms with Crippen molar-refractivity contribution < 1.29 is 14.3 Å². The number of ether oxygens (including phenoxy) is 1. The Labute approximate surface area is 198 Å². The van der Waals surface area contributed by atoms with Crippen molar-refractivity contribution in [3.05, 3.63) is 64.5 Å². The summed E-state index contributed by atoms with van der Waals surface area (Å²) in [6, 6.07) is 17.3. The van der Waals surface area contributed by atoms with Crippen LogP contribution in [0.5, 0.6) is 0 Å². The third-order valence-electron chi connectivity index (χ3n) is 5.27. The predicted octanol–water partition coefficient (Wildman–Crippen LogP) is 6.04. The van der Waals surface area contributed by atoms with Crippen molar-refractivity contribution in [1.29, 1.82) is 0 Å². The topological polar surface area (TPSA) is 59.5 Å². The van der Waals surface area contributed by atoms with Gasteiger partial charge < -0.3 is 9.64 Å². The fourth-order valence-electron chi connectivity index (χ4n) is 3.51. The highest BCUT2D eigenvalue weighted by molar-refractivity contribution is 7.15. The normalized spacial score (nSPS) is 12.0. The highest BCUT2D eigenvalue weighted by Crippen LogP contribution is 2.40. The Morgan fingerprint density at radius 2 is 1.69 bits per heavy atom. The van der Waals surface area contributed by atoms with Crippen LogP contribution in [0.2, 0.25) is 5.02 Å². The molecule has 0 saturated heterocycles. The minimum absolute atomic E-state index is 0.533. The maximum absolute atomic E-state index is 13.0. The van der Waals surface area contributed by atoms with E-state index >= 15 is 0 Å². The molecule has 32 heavy (non-hydrogen) atoms. The molecule has 7 heteroatoms. The van der Waals surface area contributed by atoms with Gasteiger partial charge in [0.05, 0.1) is 11.6 Å². The molecule has 0 fully saturated rings. The first-order valence-electron chi connectivity index (χ1n) is 10.7. The molecule has 1 atom stereocenters. The molecular weight excluding hydrogens is 444 g/mol. The van der Waals surface area contributed by atoms with Crippen LogP contribution in [0.4, 0.5) is 0 Å². The van der Waals surface area contributed by atoms with Crippen molar-refractivity contribution >= 4 is 34.9 Å². The molecule has 0 amide bonds. The van der Waals surface area contributed by atoms with Gasteiger partial charge in [0.1, 0.15) is 5.01 Å². The Hall–Kier alpha value is -2.54. The summed E-state index contributed by atoms with van der Waals surface area (Å²) < 4.78 is 5.05. The lowest BCUT2D eigenvalue weighted by Crippen LogP contribution is -2.28. The van der Waals surface area contributed by atoms with Crippen LogP contribution in [0, 0.1) is 0 Å². The molecule has 0 bridgehead atoms. The van der Waals surface area contributed by atoms with Crippen LogP contribution >= 0.6 is 22.9 Å². The van der Waals surface area contributed by atoms with Crippen molar-refractivity contribution in [3.63, 3.8) is 0 Å². The average Bonchev–Trinajstić information content (AvgIpc) is 3.22. The molecule has 1 aromatic heterocycles. The summed E-state index contributed by atoms with van der Waals surface area (Å²) in [5, 5.41) is 1.44. The van der Waals surface area contributed by atoms with Gasteiger partial charge in [-0.3, -0.25) is 9.59 Å². The maximum atomic E-state index is 13.0. The number of carbonyl (C=O) groups excluding carboxylic acids is 2. The van der Waals surface area contributed by atoms with Crippen LogP contribution in [0.1, 0.15) is 38.0 Å². The second kappa shape index (κ2) is 11.4. The molecule has 0 saturated carbocycles. The summed E-state index contributed by atoms with van der Waals surface area (Å²) in [6.07, 6.45) is 0.533. The van der Waals surface area contributed by atoms with E-state index in [1.54, 1.807) is 12.1 Å². The van der Waals surface area contributed by atoms with Gasteiger partial charge in [0, 0.05) is 28.0 Å². The summed E-state index contributed by atoms with van der Waals surface area (Å²) in [4.78, 5) is 32.5. The smallest absolute Gasteiger partial charge is 0.322 e. The minimum Gasteiger partial charge on any atom is -0.393 e. The van der Waals surface area contributed by atoms with E-state index in [1.165, 1.54) is 18.3 Å². The van der Waals surface area contributed by atoms with E-state index < -0.39 is 17.9 Å². The second-order valence-corrected chi connectivity index (χ2v) is 8.85. The van der Waals surface area contributed by atoms with Crippen molar-refractivity contribution in [3.8, 4) is 21.8 Å². The first-order valence-corrected chi connectivity index (χ1v) is 11.9. The molecule has 0 aliphatic rings. The fourth-order valence-corrected chi connectivity index (χ4v) is 4.85. The van der Waals surface area contributed by atoms with E-state index in [-0.39, 0.29) is 0 Å². The van der Waals surface area contributed by atoms with Gasteiger partial charge in [0.15, 0.2) is 0 Å². The molecule has 3 rings (SSSR count). The van der Waals surface area contributed by atoms with E-state index in [2.05, 4.69) is 18.7 Å². The van der Waals surface area contributed by atoms with Crippen molar-refractivity contribution in [2.45, 2.75) is 33.1 Å². The van der Waals surface area contributed by atoms with Crippen molar-refractivity contribution in [2.75, 3.05) is 19.6 Å². The highest BCUT2D eigenvalue weighted by Gasteiger charge is 2.30. The lowest BCUT2D eigenvalue weighted by molar-refractivity contribution is -0.159. The zero-order valence-electron chi connectivity index (χ0n) is 18.5. The van der Waals surface area contributed by atoms with Gasteiger partial charge in [0.2, 0.25) is 0 Å². The molecule has 1 unspecified atom stereocenters. The van der Waals surface area contributed by atoms with Gasteiger partial charge in [-0.25, -0.2) is 4.98 Å². The highest BCUT2D eigenvalue weighted by atomic mass is 35.5. The number of benzene rings is 2. The third kappa shape index (κ3) is 6.03. The van der Waals surface area contributed by atoms with Gasteiger partial charge in [-0.05, 0) is 38.2 Å². The van der Waals surface area contributed by atoms with Gasteiger partial charge in [-0.15, -0.1) is 11.3 Å². The van der Waals surface area contributed by atoms with Gasteiger partial charge >= 0.3 is 11.9 Å². The average molecular weight is 471 g/mol. The predicted molar refractivity (Wildman–Crippen MR) is 130 cm³/mol. The Morgan fingerprint density at radius 3 is 2.28 bits per heavy atom. The number of esters is 2. The second-order valence-electron chi connectivity index (χ2n) is 7.39. The fraction of sp³-hybridized carbons (Fsp3) is 0.320. The van der Waals surface area contributed by atoms with Crippen LogP contribution < -0.4 is 0 Å². The number of rotatable bonds is 9. The number of hydrogen-bond donors (Lipinski definition) is 0. The summed E-state index contributed by atoms with van der Waals surface area (Å²) in [7, 11) is 0. The van der Waals surface area contributed by atoms with Crippen LogP contribution in [0.15, 0.2) is 54.6 Å². The quantitative estimate of drug-likeness (QED) is 0.282. The Kier molecular flexibility index (Phi) is 8.56. The number of hydrogen-bond acceptors (Lipinski definition) is 6. The third-order valence-corrected chi connectivity index (χ3v) is 6.74. The maximum Gasteiger partial charge on any atom is 0.322 e. The molecule has 0 aliphatic carbocycles. The lowest BCUT2D eigenvalue weighted by Gasteiger charge is -2.21. The van der Waals surface area contributed by atoms with Gasteiger partial charge in [0.25, 0.3) is 0 Å². The van der Waals surface area contributed by atoms with E-state index in [4.69, 9.17) is 21.3 Å². The number of nitrogens with zero attached hydrogens (tertiary/aromatic N) is 2. The van der Waals surface area contributed by atoms with Gasteiger partial charge in [-0.1, -0.05) is 67.9 Å². The number of thiazole rings is 1. The minimum atomic E-state index is -0.608. The Balaban J connectivity index is 2.09. The van der Waals surface area contributed by atoms with Crippen molar-refractivity contribution in [2.24, 2.45) is 0 Å². The van der Waals surface area contributed by atoms with Crippen LogP contribution in [0.25, 0.3) is 21.8 Å². The summed E-state index contributed by atoms with van der Waals surface area (Å²) in [6.45, 7) is 7.91. The molecule has 1 heterocycles. The van der Waals surface area contributed by atoms with E-state index in [0.717, 1.165) is 39.8 Å².